The van der Waals surface area contributed by atoms with E-state index >= 15 is 0 Å². The van der Waals surface area contributed by atoms with Crippen LogP contribution in [0.2, 0.25) is 0 Å². The summed E-state index contributed by atoms with van der Waals surface area (Å²) in [5.41, 5.74) is 0.866. The molecule has 0 atom stereocenters. The van der Waals surface area contributed by atoms with Crippen molar-refractivity contribution >= 4 is 38.9 Å². The van der Waals surface area contributed by atoms with Gasteiger partial charge in [0, 0.05) is 16.3 Å². The molecule has 0 amide bonds. The molecule has 0 N–H and O–H groups in total. The molecule has 0 unspecified atom stereocenters. The highest BCUT2D eigenvalue weighted by molar-refractivity contribution is 9.10. The molecule has 0 spiro atoms. The zero-order chi connectivity index (χ0) is 13.0. The van der Waals surface area contributed by atoms with Gasteiger partial charge in [-0.15, -0.1) is 22.9 Å². The second-order valence-corrected chi connectivity index (χ2v) is 5.67. The molecule has 0 aliphatic rings. The molecule has 0 bridgehead atoms. The largest absolute Gasteiger partial charge is 0.490 e. The van der Waals surface area contributed by atoms with Crippen LogP contribution < -0.4 is 4.74 Å². The van der Waals surface area contributed by atoms with E-state index in [1.807, 2.05) is 5.38 Å². The van der Waals surface area contributed by atoms with Gasteiger partial charge in [-0.05, 0) is 18.2 Å². The van der Waals surface area contributed by atoms with Crippen LogP contribution in [0.3, 0.4) is 0 Å². The van der Waals surface area contributed by atoms with Crippen molar-refractivity contribution < 1.29 is 9.13 Å². The number of hydrogen-bond acceptors (Lipinski definition) is 3. The van der Waals surface area contributed by atoms with Crippen molar-refractivity contribution in [1.82, 2.24) is 4.98 Å². The lowest BCUT2D eigenvalue weighted by atomic mass is 10.3. The number of benzene rings is 1. The number of ether oxygens (including phenoxy) is 1. The Balaban J connectivity index is 1.90. The van der Waals surface area contributed by atoms with Crippen LogP contribution >= 0.6 is 38.9 Å². The second kappa shape index (κ2) is 6.50. The topological polar surface area (TPSA) is 22.1 Å². The third-order valence-electron chi connectivity index (χ3n) is 2.20. The minimum Gasteiger partial charge on any atom is -0.490 e. The van der Waals surface area contributed by atoms with Gasteiger partial charge < -0.3 is 4.74 Å². The van der Waals surface area contributed by atoms with Crippen LogP contribution in [0, 0.1) is 5.82 Å². The molecule has 0 saturated carbocycles. The van der Waals surface area contributed by atoms with Gasteiger partial charge in [-0.25, -0.2) is 9.37 Å². The first-order valence-corrected chi connectivity index (χ1v) is 7.47. The van der Waals surface area contributed by atoms with Gasteiger partial charge in [-0.3, -0.25) is 0 Å². The van der Waals surface area contributed by atoms with Gasteiger partial charge >= 0.3 is 0 Å². The van der Waals surface area contributed by atoms with E-state index in [2.05, 4.69) is 20.9 Å². The lowest BCUT2D eigenvalue weighted by molar-refractivity contribution is 0.305. The number of nitrogens with zero attached hydrogens (tertiary/aromatic N) is 1. The third-order valence-corrected chi connectivity index (χ3v) is 3.93. The standard InChI is InChI=1S/C12H10BrClFNOS/c13-8-1-2-10(15)11(5-8)17-4-3-12-16-9(6-14)7-18-12/h1-2,5,7H,3-4,6H2. The first kappa shape index (κ1) is 13.8. The Morgan fingerprint density at radius 1 is 1.44 bits per heavy atom. The Labute approximate surface area is 122 Å². The molecular weight excluding hydrogens is 341 g/mol. The molecule has 0 aliphatic heterocycles. The zero-order valence-electron chi connectivity index (χ0n) is 9.33. The van der Waals surface area contributed by atoms with Crippen molar-refractivity contribution in [2.24, 2.45) is 0 Å². The number of hydrogen-bond donors (Lipinski definition) is 0. The van der Waals surface area contributed by atoms with Crippen LogP contribution in [-0.2, 0) is 12.3 Å². The van der Waals surface area contributed by atoms with E-state index in [1.165, 1.54) is 17.4 Å². The average molecular weight is 351 g/mol. The second-order valence-electron chi connectivity index (χ2n) is 3.54. The van der Waals surface area contributed by atoms with E-state index < -0.39 is 0 Å². The lowest BCUT2D eigenvalue weighted by Gasteiger charge is -2.06. The summed E-state index contributed by atoms with van der Waals surface area (Å²) in [7, 11) is 0. The molecule has 1 aromatic carbocycles. The Kier molecular flexibility index (Phi) is 4.97. The summed E-state index contributed by atoms with van der Waals surface area (Å²) in [5, 5.41) is 2.86. The van der Waals surface area contributed by atoms with Gasteiger partial charge in [0.25, 0.3) is 0 Å². The number of thiazole rings is 1. The van der Waals surface area contributed by atoms with E-state index in [1.54, 1.807) is 12.1 Å². The minimum atomic E-state index is -0.362. The van der Waals surface area contributed by atoms with Crippen LogP contribution in [-0.4, -0.2) is 11.6 Å². The van der Waals surface area contributed by atoms with E-state index in [0.717, 1.165) is 15.2 Å². The molecule has 0 radical (unpaired) electrons. The predicted molar refractivity (Wildman–Crippen MR) is 75.0 cm³/mol. The first-order chi connectivity index (χ1) is 8.69. The number of rotatable bonds is 5. The fraction of sp³-hybridized carbons (Fsp3) is 0.250. The Morgan fingerprint density at radius 2 is 2.28 bits per heavy atom. The number of aromatic nitrogens is 1. The lowest BCUT2D eigenvalue weighted by Crippen LogP contribution is -2.02. The molecular formula is C12H10BrClFNOS. The molecule has 0 aliphatic carbocycles. The summed E-state index contributed by atoms with van der Waals surface area (Å²) in [6.45, 7) is 0.391. The van der Waals surface area contributed by atoms with Crippen LogP contribution in [0.4, 0.5) is 4.39 Å². The monoisotopic (exact) mass is 349 g/mol. The average Bonchev–Trinajstić information content (AvgIpc) is 2.81. The van der Waals surface area contributed by atoms with Crippen LogP contribution in [0.5, 0.6) is 5.75 Å². The molecule has 1 aromatic heterocycles. The van der Waals surface area contributed by atoms with E-state index in [9.17, 15) is 4.39 Å². The first-order valence-electron chi connectivity index (χ1n) is 5.26. The maximum atomic E-state index is 13.4. The van der Waals surface area contributed by atoms with Crippen molar-refractivity contribution in [3.8, 4) is 5.75 Å². The number of halogens is 3. The SMILES string of the molecule is Fc1ccc(Br)cc1OCCc1nc(CCl)cs1. The smallest absolute Gasteiger partial charge is 0.165 e. The molecule has 6 heteroatoms. The molecule has 0 saturated heterocycles. The summed E-state index contributed by atoms with van der Waals surface area (Å²) in [5.74, 6) is 0.301. The van der Waals surface area contributed by atoms with Crippen molar-refractivity contribution in [3.05, 3.63) is 44.6 Å². The van der Waals surface area contributed by atoms with Crippen molar-refractivity contribution in [1.29, 1.82) is 0 Å². The highest BCUT2D eigenvalue weighted by atomic mass is 79.9. The van der Waals surface area contributed by atoms with Crippen LogP contribution in [0.25, 0.3) is 0 Å². The normalized spacial score (nSPS) is 10.6. The van der Waals surface area contributed by atoms with E-state index in [-0.39, 0.29) is 11.6 Å². The molecule has 96 valence electrons. The van der Waals surface area contributed by atoms with Crippen molar-refractivity contribution in [2.75, 3.05) is 6.61 Å². The van der Waals surface area contributed by atoms with Gasteiger partial charge in [0.05, 0.1) is 23.2 Å². The summed E-state index contributed by atoms with van der Waals surface area (Å²) in [6, 6.07) is 4.62. The van der Waals surface area contributed by atoms with Gasteiger partial charge in [0.15, 0.2) is 11.6 Å². The highest BCUT2D eigenvalue weighted by Crippen LogP contribution is 2.22. The van der Waals surface area contributed by atoms with Crippen molar-refractivity contribution in [3.63, 3.8) is 0 Å². The fourth-order valence-electron chi connectivity index (χ4n) is 1.36. The predicted octanol–water partition coefficient (Wildman–Crippen LogP) is 4.41. The van der Waals surface area contributed by atoms with E-state index in [4.69, 9.17) is 16.3 Å². The summed E-state index contributed by atoms with van der Waals surface area (Å²) in [4.78, 5) is 4.30. The summed E-state index contributed by atoms with van der Waals surface area (Å²) in [6.07, 6.45) is 0.646. The maximum Gasteiger partial charge on any atom is 0.165 e. The number of alkyl halides is 1. The van der Waals surface area contributed by atoms with Crippen LogP contribution in [0.1, 0.15) is 10.7 Å². The Bertz CT molecular complexity index is 535. The Morgan fingerprint density at radius 3 is 3.00 bits per heavy atom. The molecule has 2 rings (SSSR count). The quantitative estimate of drug-likeness (QED) is 0.745. The maximum absolute atomic E-state index is 13.4. The Hall–Kier alpha value is -0.650. The van der Waals surface area contributed by atoms with Crippen molar-refractivity contribution in [2.45, 2.75) is 12.3 Å². The molecule has 2 aromatic rings. The molecule has 0 fully saturated rings. The highest BCUT2D eigenvalue weighted by Gasteiger charge is 2.05. The third kappa shape index (κ3) is 3.67. The van der Waals surface area contributed by atoms with Gasteiger partial charge in [0.1, 0.15) is 0 Å². The van der Waals surface area contributed by atoms with Gasteiger partial charge in [-0.1, -0.05) is 15.9 Å². The van der Waals surface area contributed by atoms with E-state index in [0.29, 0.717) is 18.9 Å². The molecule has 1 heterocycles. The van der Waals surface area contributed by atoms with Gasteiger partial charge in [0.2, 0.25) is 0 Å². The minimum absolute atomic E-state index is 0.249. The van der Waals surface area contributed by atoms with Gasteiger partial charge in [-0.2, -0.15) is 0 Å². The fourth-order valence-corrected chi connectivity index (χ4v) is 2.71. The zero-order valence-corrected chi connectivity index (χ0v) is 12.5. The molecule has 2 nitrogen and oxygen atoms in total. The molecule has 18 heavy (non-hydrogen) atoms. The summed E-state index contributed by atoms with van der Waals surface area (Å²) >= 11 is 10.5. The summed E-state index contributed by atoms with van der Waals surface area (Å²) < 4.78 is 19.6. The van der Waals surface area contributed by atoms with Crippen LogP contribution in [0.15, 0.2) is 28.1 Å².